The lowest BCUT2D eigenvalue weighted by Gasteiger charge is -2.28. The fraction of sp³-hybridized carbons (Fsp3) is 0.429. The molecule has 0 aromatic carbocycles. The van der Waals surface area contributed by atoms with E-state index < -0.39 is 0 Å². The number of amides is 1. The molecule has 106 valence electrons. The second-order valence-corrected chi connectivity index (χ2v) is 7.19. The van der Waals surface area contributed by atoms with Gasteiger partial charge in [0, 0.05) is 18.0 Å². The maximum Gasteiger partial charge on any atom is 0.256 e. The van der Waals surface area contributed by atoms with Crippen molar-refractivity contribution in [3.63, 3.8) is 0 Å². The Kier molecular flexibility index (Phi) is 3.85. The van der Waals surface area contributed by atoms with Crippen molar-refractivity contribution in [2.75, 3.05) is 6.54 Å². The summed E-state index contributed by atoms with van der Waals surface area (Å²) in [4.78, 5) is 20.1. The number of aromatic nitrogens is 1. The average molecular weight is 308 g/mol. The molecule has 3 heterocycles. The Morgan fingerprint density at radius 3 is 3.20 bits per heavy atom. The summed E-state index contributed by atoms with van der Waals surface area (Å²) < 4.78 is 5.30. The van der Waals surface area contributed by atoms with Gasteiger partial charge in [-0.1, -0.05) is 11.8 Å². The number of hydrogen-bond acceptors (Lipinski definition) is 5. The van der Waals surface area contributed by atoms with Gasteiger partial charge < -0.3 is 9.32 Å². The molecule has 0 saturated carbocycles. The minimum Gasteiger partial charge on any atom is -0.440 e. The molecule has 0 N–H and O–H groups in total. The number of oxazole rings is 1. The van der Waals surface area contributed by atoms with Crippen molar-refractivity contribution < 1.29 is 9.21 Å². The molecule has 2 aromatic rings. The zero-order valence-electron chi connectivity index (χ0n) is 11.5. The molecule has 0 aliphatic carbocycles. The van der Waals surface area contributed by atoms with E-state index in [1.807, 2.05) is 18.7 Å². The van der Waals surface area contributed by atoms with Gasteiger partial charge in [0.05, 0.1) is 10.9 Å². The minimum absolute atomic E-state index is 0.155. The molecule has 2 aromatic heterocycles. The third kappa shape index (κ3) is 2.76. The maximum atomic E-state index is 12.5. The smallest absolute Gasteiger partial charge is 0.256 e. The fourth-order valence-corrected chi connectivity index (χ4v) is 4.02. The number of carbonyl (C=O) groups excluding carboxylic acids is 1. The van der Waals surface area contributed by atoms with Crippen LogP contribution in [0.5, 0.6) is 0 Å². The first-order chi connectivity index (χ1) is 9.63. The number of fused-ring (bicyclic) bond motifs is 1. The molecule has 6 heteroatoms. The van der Waals surface area contributed by atoms with E-state index in [1.165, 1.54) is 22.2 Å². The highest BCUT2D eigenvalue weighted by atomic mass is 32.2. The summed E-state index contributed by atoms with van der Waals surface area (Å²) in [5.41, 5.74) is 2.13. The molecule has 1 amide bonds. The third-order valence-corrected chi connectivity index (χ3v) is 5.31. The Labute approximate surface area is 126 Å². The van der Waals surface area contributed by atoms with Gasteiger partial charge >= 0.3 is 0 Å². The lowest BCUT2D eigenvalue weighted by molar-refractivity contribution is -0.131. The highest BCUT2D eigenvalue weighted by Gasteiger charge is 2.26. The number of thioether (sulfide) groups is 1. The average Bonchev–Trinajstić information content (AvgIpc) is 3.05. The van der Waals surface area contributed by atoms with Gasteiger partial charge in [-0.05, 0) is 37.3 Å². The first-order valence-corrected chi connectivity index (χ1v) is 8.32. The summed E-state index contributed by atoms with van der Waals surface area (Å²) in [5, 5.41) is 2.50. The van der Waals surface area contributed by atoms with Crippen molar-refractivity contribution in [1.29, 1.82) is 0 Å². The van der Waals surface area contributed by atoms with E-state index in [9.17, 15) is 4.79 Å². The van der Waals surface area contributed by atoms with Crippen molar-refractivity contribution >= 4 is 29.0 Å². The Morgan fingerprint density at radius 1 is 1.60 bits per heavy atom. The van der Waals surface area contributed by atoms with Gasteiger partial charge in [0.1, 0.15) is 6.26 Å². The molecule has 3 rings (SSSR count). The van der Waals surface area contributed by atoms with E-state index in [4.69, 9.17) is 4.42 Å². The van der Waals surface area contributed by atoms with Crippen molar-refractivity contribution in [3.8, 4) is 0 Å². The van der Waals surface area contributed by atoms with Gasteiger partial charge in [-0.3, -0.25) is 4.79 Å². The Hall–Kier alpha value is -1.27. The lowest BCUT2D eigenvalue weighted by atomic mass is 10.1. The van der Waals surface area contributed by atoms with E-state index in [1.54, 1.807) is 17.6 Å². The monoisotopic (exact) mass is 308 g/mol. The van der Waals surface area contributed by atoms with Crippen LogP contribution in [0.1, 0.15) is 23.1 Å². The van der Waals surface area contributed by atoms with Gasteiger partial charge in [0.15, 0.2) is 0 Å². The molecule has 0 bridgehead atoms. The van der Waals surface area contributed by atoms with Crippen LogP contribution in [0.25, 0.3) is 0 Å². The zero-order chi connectivity index (χ0) is 14.1. The summed E-state index contributed by atoms with van der Waals surface area (Å²) in [6, 6.07) is 2.12. The standard InChI is InChI=1S/C14H16N2O2S2/c1-9-8-18-14(15-9)20-10(2)13(17)16-5-3-12-11(7-16)4-6-19-12/h4,6,8,10H,3,5,7H2,1-2H3/t10-/m0/s1. The molecule has 1 aliphatic heterocycles. The molecular formula is C14H16N2O2S2. The number of aryl methyl sites for hydroxylation is 1. The predicted octanol–water partition coefficient (Wildman–Crippen LogP) is 3.11. The largest absolute Gasteiger partial charge is 0.440 e. The van der Waals surface area contributed by atoms with Crippen LogP contribution < -0.4 is 0 Å². The highest BCUT2D eigenvalue weighted by molar-refractivity contribution is 8.00. The second-order valence-electron chi connectivity index (χ2n) is 4.89. The highest BCUT2D eigenvalue weighted by Crippen LogP contribution is 2.28. The van der Waals surface area contributed by atoms with Gasteiger partial charge in [0.2, 0.25) is 5.91 Å². The molecule has 4 nitrogen and oxygen atoms in total. The summed E-state index contributed by atoms with van der Waals surface area (Å²) in [5.74, 6) is 0.155. The van der Waals surface area contributed by atoms with Gasteiger partial charge in [-0.25, -0.2) is 4.98 Å². The number of thiophene rings is 1. The van der Waals surface area contributed by atoms with Crippen LogP contribution in [0.15, 0.2) is 27.3 Å². The summed E-state index contributed by atoms with van der Waals surface area (Å²) in [6.07, 6.45) is 2.58. The van der Waals surface area contributed by atoms with Crippen LogP contribution in [0, 0.1) is 6.92 Å². The molecule has 0 saturated heterocycles. The minimum atomic E-state index is -0.173. The maximum absolute atomic E-state index is 12.5. The molecule has 0 spiro atoms. The topological polar surface area (TPSA) is 46.3 Å². The Morgan fingerprint density at radius 2 is 2.45 bits per heavy atom. The predicted molar refractivity (Wildman–Crippen MR) is 80.0 cm³/mol. The first-order valence-electron chi connectivity index (χ1n) is 6.56. The van der Waals surface area contributed by atoms with Gasteiger partial charge in [0.25, 0.3) is 5.22 Å². The van der Waals surface area contributed by atoms with Crippen LogP contribution in [-0.4, -0.2) is 27.6 Å². The number of hydrogen-bond donors (Lipinski definition) is 0. The van der Waals surface area contributed by atoms with Crippen LogP contribution in [0.4, 0.5) is 0 Å². The van der Waals surface area contributed by atoms with Crippen LogP contribution in [0.2, 0.25) is 0 Å². The zero-order valence-corrected chi connectivity index (χ0v) is 13.1. The fourth-order valence-electron chi connectivity index (χ4n) is 2.28. The second kappa shape index (κ2) is 5.61. The van der Waals surface area contributed by atoms with E-state index in [0.717, 1.165) is 25.2 Å². The molecule has 1 aliphatic rings. The van der Waals surface area contributed by atoms with Crippen LogP contribution in [-0.2, 0) is 17.8 Å². The summed E-state index contributed by atoms with van der Waals surface area (Å²) in [7, 11) is 0. The SMILES string of the molecule is Cc1coc(S[C@@H](C)C(=O)N2CCc3sccc3C2)n1. The molecular weight excluding hydrogens is 292 g/mol. The van der Waals surface area contributed by atoms with E-state index in [0.29, 0.717) is 5.22 Å². The van der Waals surface area contributed by atoms with E-state index in [2.05, 4.69) is 16.4 Å². The Bertz CT molecular complexity index is 620. The lowest BCUT2D eigenvalue weighted by Crippen LogP contribution is -2.39. The third-order valence-electron chi connectivity index (χ3n) is 3.34. The number of carbonyl (C=O) groups is 1. The van der Waals surface area contributed by atoms with E-state index in [-0.39, 0.29) is 11.2 Å². The number of nitrogens with zero attached hydrogens (tertiary/aromatic N) is 2. The van der Waals surface area contributed by atoms with Crippen molar-refractivity contribution in [3.05, 3.63) is 33.8 Å². The van der Waals surface area contributed by atoms with Crippen molar-refractivity contribution in [1.82, 2.24) is 9.88 Å². The summed E-state index contributed by atoms with van der Waals surface area (Å²) >= 11 is 3.17. The van der Waals surface area contributed by atoms with E-state index >= 15 is 0 Å². The molecule has 0 radical (unpaired) electrons. The summed E-state index contributed by atoms with van der Waals surface area (Å²) in [6.45, 7) is 5.33. The van der Waals surface area contributed by atoms with Gasteiger partial charge in [-0.2, -0.15) is 0 Å². The molecule has 1 atom stereocenters. The van der Waals surface area contributed by atoms with Crippen LogP contribution >= 0.6 is 23.1 Å². The van der Waals surface area contributed by atoms with Crippen LogP contribution in [0.3, 0.4) is 0 Å². The van der Waals surface area contributed by atoms with Crippen molar-refractivity contribution in [2.24, 2.45) is 0 Å². The Balaban J connectivity index is 1.64. The molecule has 20 heavy (non-hydrogen) atoms. The number of rotatable bonds is 3. The molecule has 0 unspecified atom stereocenters. The molecule has 0 fully saturated rings. The quantitative estimate of drug-likeness (QED) is 0.817. The normalized spacial score (nSPS) is 16.0. The van der Waals surface area contributed by atoms with Crippen molar-refractivity contribution in [2.45, 2.75) is 37.3 Å². The first kappa shape index (κ1) is 13.7. The van der Waals surface area contributed by atoms with Gasteiger partial charge in [-0.15, -0.1) is 11.3 Å².